The van der Waals surface area contributed by atoms with Crippen LogP contribution in [0, 0.1) is 0 Å². The zero-order valence-corrected chi connectivity index (χ0v) is 16.3. The SMILES string of the molecule is COc1ccccc1CNC(=O)c1cc2c(NC(=O)c3nccs3)n[nH]c2s1. The van der Waals surface area contributed by atoms with Crippen molar-refractivity contribution in [2.45, 2.75) is 6.54 Å². The molecule has 0 aliphatic rings. The van der Waals surface area contributed by atoms with Crippen molar-refractivity contribution in [2.24, 2.45) is 0 Å². The topological polar surface area (TPSA) is 109 Å². The number of H-pyrrole nitrogens is 1. The number of methoxy groups -OCH3 is 1. The Morgan fingerprint density at radius 3 is 2.89 bits per heavy atom. The number of para-hydroxylation sites is 1. The third-order valence-corrected chi connectivity index (χ3v) is 5.78. The van der Waals surface area contributed by atoms with Crippen LogP contribution < -0.4 is 15.4 Å². The molecule has 3 aromatic heterocycles. The molecular weight excluding hydrogens is 398 g/mol. The van der Waals surface area contributed by atoms with E-state index in [2.05, 4.69) is 25.8 Å². The largest absolute Gasteiger partial charge is 0.496 e. The highest BCUT2D eigenvalue weighted by Gasteiger charge is 2.18. The average Bonchev–Trinajstić information content (AvgIpc) is 3.45. The molecule has 0 fully saturated rings. The number of carbonyl (C=O) groups is 2. The third-order valence-electron chi connectivity index (χ3n) is 3.97. The molecule has 0 saturated heterocycles. The molecule has 28 heavy (non-hydrogen) atoms. The van der Waals surface area contributed by atoms with Gasteiger partial charge in [-0.15, -0.1) is 22.7 Å². The van der Waals surface area contributed by atoms with Gasteiger partial charge in [0.1, 0.15) is 10.6 Å². The van der Waals surface area contributed by atoms with Gasteiger partial charge in [0.15, 0.2) is 10.8 Å². The van der Waals surface area contributed by atoms with E-state index in [0.29, 0.717) is 32.5 Å². The van der Waals surface area contributed by atoms with Crippen molar-refractivity contribution >= 4 is 50.5 Å². The quantitative estimate of drug-likeness (QED) is 0.449. The number of hydrogen-bond acceptors (Lipinski definition) is 7. The smallest absolute Gasteiger partial charge is 0.285 e. The molecule has 3 N–H and O–H groups in total. The fourth-order valence-corrected chi connectivity index (χ4v) is 4.08. The minimum atomic E-state index is -0.336. The van der Waals surface area contributed by atoms with Gasteiger partial charge in [0.05, 0.1) is 17.4 Å². The van der Waals surface area contributed by atoms with E-state index >= 15 is 0 Å². The summed E-state index contributed by atoms with van der Waals surface area (Å²) >= 11 is 2.51. The first-order valence-corrected chi connectivity index (χ1v) is 9.94. The van der Waals surface area contributed by atoms with Crippen LogP contribution in [0.3, 0.4) is 0 Å². The predicted molar refractivity (Wildman–Crippen MR) is 108 cm³/mol. The molecule has 0 saturated carbocycles. The van der Waals surface area contributed by atoms with E-state index in [0.717, 1.165) is 11.3 Å². The van der Waals surface area contributed by atoms with Crippen LogP contribution in [-0.2, 0) is 6.54 Å². The molecule has 2 amide bonds. The van der Waals surface area contributed by atoms with Gasteiger partial charge in [-0.05, 0) is 12.1 Å². The van der Waals surface area contributed by atoms with Crippen molar-refractivity contribution in [3.8, 4) is 5.75 Å². The lowest BCUT2D eigenvalue weighted by Crippen LogP contribution is -2.22. The summed E-state index contributed by atoms with van der Waals surface area (Å²) in [5.41, 5.74) is 0.888. The van der Waals surface area contributed by atoms with E-state index < -0.39 is 0 Å². The van der Waals surface area contributed by atoms with Crippen molar-refractivity contribution in [1.82, 2.24) is 20.5 Å². The van der Waals surface area contributed by atoms with Gasteiger partial charge in [-0.1, -0.05) is 18.2 Å². The van der Waals surface area contributed by atoms with E-state index in [9.17, 15) is 9.59 Å². The summed E-state index contributed by atoms with van der Waals surface area (Å²) in [7, 11) is 1.59. The van der Waals surface area contributed by atoms with E-state index in [-0.39, 0.29) is 11.8 Å². The molecule has 4 aromatic rings. The summed E-state index contributed by atoms with van der Waals surface area (Å²) in [6.45, 7) is 0.348. The van der Waals surface area contributed by atoms with Crippen molar-refractivity contribution in [2.75, 3.05) is 12.4 Å². The molecule has 0 atom stereocenters. The van der Waals surface area contributed by atoms with Gasteiger partial charge in [-0.3, -0.25) is 14.7 Å². The van der Waals surface area contributed by atoms with Gasteiger partial charge >= 0.3 is 0 Å². The van der Waals surface area contributed by atoms with Crippen molar-refractivity contribution in [3.63, 3.8) is 0 Å². The Morgan fingerprint density at radius 2 is 2.11 bits per heavy atom. The number of thiophene rings is 1. The molecule has 8 nitrogen and oxygen atoms in total. The number of ether oxygens (including phenoxy) is 1. The Kier molecular flexibility index (Phi) is 5.04. The number of fused-ring (bicyclic) bond motifs is 1. The Hall–Kier alpha value is -3.24. The first-order valence-electron chi connectivity index (χ1n) is 8.24. The second kappa shape index (κ2) is 7.79. The van der Waals surface area contributed by atoms with Crippen LogP contribution in [0.4, 0.5) is 5.82 Å². The van der Waals surface area contributed by atoms with Crippen LogP contribution in [0.5, 0.6) is 5.75 Å². The average molecular weight is 413 g/mol. The number of aromatic amines is 1. The number of anilines is 1. The van der Waals surface area contributed by atoms with Gasteiger partial charge in [0.25, 0.3) is 11.8 Å². The summed E-state index contributed by atoms with van der Waals surface area (Å²) in [6.07, 6.45) is 1.56. The van der Waals surface area contributed by atoms with Crippen molar-refractivity contribution < 1.29 is 14.3 Å². The number of rotatable bonds is 6. The lowest BCUT2D eigenvalue weighted by atomic mass is 10.2. The Bertz CT molecular complexity index is 1130. The van der Waals surface area contributed by atoms with Crippen LogP contribution in [-0.4, -0.2) is 34.1 Å². The summed E-state index contributed by atoms with van der Waals surface area (Å²) < 4.78 is 5.30. The number of nitrogens with zero attached hydrogens (tertiary/aromatic N) is 2. The Labute approximate surface area is 167 Å². The zero-order valence-electron chi connectivity index (χ0n) is 14.7. The first kappa shape index (κ1) is 18.1. The summed E-state index contributed by atoms with van der Waals surface area (Å²) in [5.74, 6) is 0.544. The van der Waals surface area contributed by atoms with Crippen LogP contribution in [0.25, 0.3) is 10.2 Å². The molecule has 10 heteroatoms. The van der Waals surface area contributed by atoms with Crippen LogP contribution in [0.2, 0.25) is 0 Å². The minimum absolute atomic E-state index is 0.210. The number of benzene rings is 1. The number of amides is 2. The molecule has 1 aromatic carbocycles. The van der Waals surface area contributed by atoms with Crippen LogP contribution in [0.1, 0.15) is 25.0 Å². The highest BCUT2D eigenvalue weighted by Crippen LogP contribution is 2.29. The number of nitrogens with one attached hydrogen (secondary N) is 3. The van der Waals surface area contributed by atoms with E-state index in [1.54, 1.807) is 24.8 Å². The highest BCUT2D eigenvalue weighted by molar-refractivity contribution is 7.20. The molecular formula is C18H15N5O3S2. The predicted octanol–water partition coefficient (Wildman–Crippen LogP) is 3.27. The fraction of sp³-hybridized carbons (Fsp3) is 0.111. The van der Waals surface area contributed by atoms with Gasteiger partial charge in [0.2, 0.25) is 0 Å². The van der Waals surface area contributed by atoms with Crippen LogP contribution in [0.15, 0.2) is 41.9 Å². The van der Waals surface area contributed by atoms with Crippen molar-refractivity contribution in [3.05, 3.63) is 57.4 Å². The number of hydrogen-bond donors (Lipinski definition) is 3. The number of thiazole rings is 1. The molecule has 0 unspecified atom stereocenters. The molecule has 0 bridgehead atoms. The normalized spacial score (nSPS) is 10.8. The maximum Gasteiger partial charge on any atom is 0.285 e. The molecule has 0 aliphatic heterocycles. The molecule has 0 spiro atoms. The van der Waals surface area contributed by atoms with Gasteiger partial charge in [0, 0.05) is 23.7 Å². The molecule has 4 rings (SSSR count). The minimum Gasteiger partial charge on any atom is -0.496 e. The van der Waals surface area contributed by atoms with E-state index in [1.807, 2.05) is 24.3 Å². The molecule has 0 radical (unpaired) electrons. The van der Waals surface area contributed by atoms with Crippen molar-refractivity contribution in [1.29, 1.82) is 0 Å². The van der Waals surface area contributed by atoms with Gasteiger partial charge in [-0.25, -0.2) is 4.98 Å². The van der Waals surface area contributed by atoms with Gasteiger partial charge < -0.3 is 15.4 Å². The van der Waals surface area contributed by atoms with Crippen LogP contribution >= 0.6 is 22.7 Å². The lowest BCUT2D eigenvalue weighted by Gasteiger charge is -2.08. The molecule has 3 heterocycles. The second-order valence-electron chi connectivity index (χ2n) is 5.71. The van der Waals surface area contributed by atoms with E-state index in [1.165, 1.54) is 22.7 Å². The monoisotopic (exact) mass is 413 g/mol. The number of carbonyl (C=O) groups excluding carboxylic acids is 2. The standard InChI is InChI=1S/C18H15N5O3S2/c1-26-12-5-3-2-4-10(12)9-20-15(24)13-8-11-14(22-23-17(11)28-13)21-16(25)18-19-6-7-27-18/h2-8H,9H2,1H3,(H,20,24)(H2,21,22,23,25). The Balaban J connectivity index is 1.48. The first-order chi connectivity index (χ1) is 13.7. The van der Waals surface area contributed by atoms with Gasteiger partial charge in [-0.2, -0.15) is 5.10 Å². The molecule has 0 aliphatic carbocycles. The zero-order chi connectivity index (χ0) is 19.5. The summed E-state index contributed by atoms with van der Waals surface area (Å²) in [4.78, 5) is 29.9. The Morgan fingerprint density at radius 1 is 1.25 bits per heavy atom. The van der Waals surface area contributed by atoms with E-state index in [4.69, 9.17) is 4.74 Å². The lowest BCUT2D eigenvalue weighted by molar-refractivity contribution is 0.0954. The summed E-state index contributed by atoms with van der Waals surface area (Å²) in [5, 5.41) is 15.3. The fourth-order valence-electron chi connectivity index (χ4n) is 2.63. The number of aromatic nitrogens is 3. The third kappa shape index (κ3) is 3.59. The maximum absolute atomic E-state index is 12.5. The summed E-state index contributed by atoms with van der Waals surface area (Å²) in [6, 6.07) is 9.22. The second-order valence-corrected chi connectivity index (χ2v) is 7.66. The highest BCUT2D eigenvalue weighted by atomic mass is 32.1. The molecule has 142 valence electrons. The maximum atomic E-state index is 12.5.